The van der Waals surface area contributed by atoms with Crippen LogP contribution in [0.5, 0.6) is 0 Å². The fourth-order valence-corrected chi connectivity index (χ4v) is 5.52. The van der Waals surface area contributed by atoms with Gasteiger partial charge in [-0.1, -0.05) is 49.1 Å². The van der Waals surface area contributed by atoms with E-state index < -0.39 is 0 Å². The first-order chi connectivity index (χ1) is 16.0. The minimum Gasteiger partial charge on any atom is -0.379 e. The first-order valence-electron chi connectivity index (χ1n) is 12.7. The van der Waals surface area contributed by atoms with Crippen molar-refractivity contribution < 1.29 is 14.3 Å². The highest BCUT2D eigenvalue weighted by atomic mass is 16.5. The Bertz CT molecular complexity index is 777. The Kier molecular flexibility index (Phi) is 8.39. The third kappa shape index (κ3) is 6.55. The predicted molar refractivity (Wildman–Crippen MR) is 129 cm³/mol. The Morgan fingerprint density at radius 3 is 2.27 bits per heavy atom. The minimum absolute atomic E-state index is 0.0960. The summed E-state index contributed by atoms with van der Waals surface area (Å²) in [5.74, 6) is 0.278. The Labute approximate surface area is 198 Å². The molecule has 2 aliphatic heterocycles. The number of amides is 2. The molecule has 182 valence electrons. The molecule has 3 fully saturated rings. The molecular formula is C26H40N4O3. The van der Waals surface area contributed by atoms with Gasteiger partial charge in [0.05, 0.1) is 26.2 Å². The van der Waals surface area contributed by atoms with E-state index in [0.29, 0.717) is 26.1 Å². The van der Waals surface area contributed by atoms with Crippen molar-refractivity contribution in [3.63, 3.8) is 0 Å². The van der Waals surface area contributed by atoms with Crippen molar-refractivity contribution in [1.29, 1.82) is 0 Å². The summed E-state index contributed by atoms with van der Waals surface area (Å²) in [6.07, 6.45) is 6.55. The van der Waals surface area contributed by atoms with E-state index in [1.54, 1.807) is 0 Å². The largest absolute Gasteiger partial charge is 0.379 e. The molecule has 2 amide bonds. The summed E-state index contributed by atoms with van der Waals surface area (Å²) in [5.41, 5.74) is 2.36. The van der Waals surface area contributed by atoms with Crippen molar-refractivity contribution in [2.24, 2.45) is 0 Å². The highest BCUT2D eigenvalue weighted by molar-refractivity contribution is 5.79. The van der Waals surface area contributed by atoms with E-state index >= 15 is 0 Å². The molecule has 2 saturated heterocycles. The highest BCUT2D eigenvalue weighted by Crippen LogP contribution is 2.33. The maximum absolute atomic E-state index is 12.8. The van der Waals surface area contributed by atoms with Crippen molar-refractivity contribution in [2.45, 2.75) is 51.0 Å². The molecule has 1 N–H and O–H groups in total. The lowest BCUT2D eigenvalue weighted by atomic mass is 9.79. The molecule has 0 spiro atoms. The number of nitrogens with one attached hydrogen (secondary N) is 1. The fraction of sp³-hybridized carbons (Fsp3) is 0.692. The van der Waals surface area contributed by atoms with Crippen LogP contribution in [0.2, 0.25) is 0 Å². The van der Waals surface area contributed by atoms with Crippen LogP contribution in [0.3, 0.4) is 0 Å². The van der Waals surface area contributed by atoms with Crippen LogP contribution >= 0.6 is 0 Å². The Morgan fingerprint density at radius 1 is 0.939 bits per heavy atom. The van der Waals surface area contributed by atoms with E-state index in [-0.39, 0.29) is 17.4 Å². The standard InChI is InChI=1S/C26H40N4O3/c1-22-5-7-23(8-6-22)19-25(32)29-13-11-28(12-14-29)20-24(31)27-21-26(9-3-2-4-10-26)30-15-17-33-18-16-30/h5-8H,2-4,9-21H2,1H3,(H,27,31). The monoisotopic (exact) mass is 456 g/mol. The van der Waals surface area contributed by atoms with Gasteiger partial charge in [-0.25, -0.2) is 0 Å². The number of nitrogens with zero attached hydrogens (tertiary/aromatic N) is 3. The van der Waals surface area contributed by atoms with Crippen LogP contribution < -0.4 is 5.32 Å². The second-order valence-corrected chi connectivity index (χ2v) is 9.98. The molecule has 3 aliphatic rings. The second-order valence-electron chi connectivity index (χ2n) is 9.98. The zero-order chi connectivity index (χ0) is 23.1. The van der Waals surface area contributed by atoms with Gasteiger partial charge >= 0.3 is 0 Å². The Morgan fingerprint density at radius 2 is 1.61 bits per heavy atom. The molecule has 4 rings (SSSR count). The van der Waals surface area contributed by atoms with Gasteiger partial charge in [-0.2, -0.15) is 0 Å². The summed E-state index contributed by atoms with van der Waals surface area (Å²) >= 11 is 0. The van der Waals surface area contributed by atoms with E-state index in [2.05, 4.69) is 34.2 Å². The van der Waals surface area contributed by atoms with E-state index in [9.17, 15) is 9.59 Å². The average molecular weight is 457 g/mol. The minimum atomic E-state index is 0.0960. The van der Waals surface area contributed by atoms with Crippen LogP contribution in [0, 0.1) is 6.92 Å². The quantitative estimate of drug-likeness (QED) is 0.678. The van der Waals surface area contributed by atoms with Crippen molar-refractivity contribution in [2.75, 3.05) is 65.6 Å². The number of hydrogen-bond donors (Lipinski definition) is 1. The van der Waals surface area contributed by atoms with Gasteiger partial charge in [0.25, 0.3) is 0 Å². The van der Waals surface area contributed by atoms with Crippen LogP contribution in [0.4, 0.5) is 0 Å². The molecule has 0 aromatic heterocycles. The second kappa shape index (κ2) is 11.4. The number of carbonyl (C=O) groups excluding carboxylic acids is 2. The maximum Gasteiger partial charge on any atom is 0.234 e. The number of carbonyl (C=O) groups is 2. The number of aryl methyl sites for hydroxylation is 1. The average Bonchev–Trinajstić information content (AvgIpc) is 2.86. The molecule has 1 saturated carbocycles. The lowest BCUT2D eigenvalue weighted by molar-refractivity contribution is -0.132. The molecule has 2 heterocycles. The van der Waals surface area contributed by atoms with Gasteiger partial charge in [0.15, 0.2) is 0 Å². The molecule has 0 atom stereocenters. The lowest BCUT2D eigenvalue weighted by Crippen LogP contribution is -2.60. The number of benzene rings is 1. The summed E-state index contributed by atoms with van der Waals surface area (Å²) in [5, 5.41) is 3.27. The normalized spacial score (nSPS) is 22.2. The Balaban J connectivity index is 1.21. The van der Waals surface area contributed by atoms with Gasteiger partial charge < -0.3 is 15.0 Å². The Hall–Kier alpha value is -1.96. The molecule has 0 radical (unpaired) electrons. The number of hydrogen-bond acceptors (Lipinski definition) is 5. The molecule has 0 bridgehead atoms. The first kappa shape index (κ1) is 24.2. The van der Waals surface area contributed by atoms with Gasteiger partial charge in [-0.05, 0) is 25.3 Å². The van der Waals surface area contributed by atoms with Gasteiger partial charge in [-0.3, -0.25) is 19.4 Å². The van der Waals surface area contributed by atoms with Crippen molar-refractivity contribution in [3.8, 4) is 0 Å². The summed E-state index contributed by atoms with van der Waals surface area (Å²) in [6, 6.07) is 8.17. The van der Waals surface area contributed by atoms with Crippen molar-refractivity contribution in [3.05, 3.63) is 35.4 Å². The zero-order valence-electron chi connectivity index (χ0n) is 20.2. The van der Waals surface area contributed by atoms with Gasteiger partial charge in [-0.15, -0.1) is 0 Å². The predicted octanol–water partition coefficient (Wildman–Crippen LogP) is 1.83. The van der Waals surface area contributed by atoms with Crippen LogP contribution in [0.15, 0.2) is 24.3 Å². The third-order valence-electron chi connectivity index (χ3n) is 7.65. The first-order valence-corrected chi connectivity index (χ1v) is 12.7. The smallest absolute Gasteiger partial charge is 0.234 e. The van der Waals surface area contributed by atoms with Crippen molar-refractivity contribution in [1.82, 2.24) is 20.0 Å². The molecule has 7 nitrogen and oxygen atoms in total. The molecule has 0 unspecified atom stereocenters. The number of piperazine rings is 1. The zero-order valence-corrected chi connectivity index (χ0v) is 20.2. The van der Waals surface area contributed by atoms with E-state index in [0.717, 1.165) is 64.3 Å². The molecule has 1 aliphatic carbocycles. The highest BCUT2D eigenvalue weighted by Gasteiger charge is 2.39. The summed E-state index contributed by atoms with van der Waals surface area (Å²) in [7, 11) is 0. The number of morpholine rings is 1. The van der Waals surface area contributed by atoms with E-state index in [1.807, 2.05) is 17.0 Å². The maximum atomic E-state index is 12.8. The van der Waals surface area contributed by atoms with Crippen molar-refractivity contribution >= 4 is 11.8 Å². The topological polar surface area (TPSA) is 65.1 Å². The third-order valence-corrected chi connectivity index (χ3v) is 7.65. The van der Waals surface area contributed by atoms with Gasteiger partial charge in [0.2, 0.25) is 11.8 Å². The molecule has 1 aromatic carbocycles. The summed E-state index contributed by atoms with van der Waals surface area (Å²) in [6.45, 7) is 9.61. The van der Waals surface area contributed by atoms with Crippen LogP contribution in [0.25, 0.3) is 0 Å². The lowest BCUT2D eigenvalue weighted by Gasteiger charge is -2.48. The van der Waals surface area contributed by atoms with E-state index in [4.69, 9.17) is 4.74 Å². The molecule has 33 heavy (non-hydrogen) atoms. The fourth-order valence-electron chi connectivity index (χ4n) is 5.52. The van der Waals surface area contributed by atoms with Crippen LogP contribution in [0.1, 0.15) is 43.2 Å². The van der Waals surface area contributed by atoms with Gasteiger partial charge in [0, 0.05) is 51.4 Å². The number of rotatable bonds is 7. The summed E-state index contributed by atoms with van der Waals surface area (Å²) in [4.78, 5) is 32.1. The van der Waals surface area contributed by atoms with Gasteiger partial charge in [0.1, 0.15) is 0 Å². The summed E-state index contributed by atoms with van der Waals surface area (Å²) < 4.78 is 5.56. The molecule has 1 aromatic rings. The van der Waals surface area contributed by atoms with E-state index in [1.165, 1.54) is 24.8 Å². The SMILES string of the molecule is Cc1ccc(CC(=O)N2CCN(CC(=O)NCC3(N4CCOCC4)CCCCC3)CC2)cc1. The molecule has 7 heteroatoms. The molecular weight excluding hydrogens is 416 g/mol. The van der Waals surface area contributed by atoms with Crippen LogP contribution in [-0.4, -0.2) is 97.6 Å². The van der Waals surface area contributed by atoms with Crippen LogP contribution in [-0.2, 0) is 20.7 Å². The number of ether oxygens (including phenoxy) is 1.